The number of hydrogen-bond donors (Lipinski definition) is 2. The highest BCUT2D eigenvalue weighted by molar-refractivity contribution is 6.30. The van der Waals surface area contributed by atoms with Crippen molar-refractivity contribution in [3.05, 3.63) is 52.8 Å². The molecule has 0 radical (unpaired) electrons. The number of nitrogens with zero attached hydrogens (tertiary/aromatic N) is 3. The van der Waals surface area contributed by atoms with Crippen molar-refractivity contribution in [2.45, 2.75) is 6.42 Å². The van der Waals surface area contributed by atoms with Crippen molar-refractivity contribution in [3.8, 4) is 0 Å². The lowest BCUT2D eigenvalue weighted by atomic mass is 10.1. The summed E-state index contributed by atoms with van der Waals surface area (Å²) in [7, 11) is 3.91. The van der Waals surface area contributed by atoms with E-state index in [0.29, 0.717) is 24.6 Å². The van der Waals surface area contributed by atoms with Crippen LogP contribution >= 0.6 is 11.6 Å². The Morgan fingerprint density at radius 3 is 2.62 bits per heavy atom. The normalized spacial score (nSPS) is 10.7. The van der Waals surface area contributed by atoms with Gasteiger partial charge in [-0.1, -0.05) is 23.7 Å². The summed E-state index contributed by atoms with van der Waals surface area (Å²) in [6.45, 7) is 2.07. The number of rotatable bonds is 8. The standard InChI is InChI=1S/C17H22ClN5O/c1-23(2)9-8-19-16(24)14-11-21-17(22-12-14)20-7-6-13-4-3-5-15(18)10-13/h3-5,10-12H,6-9H2,1-2H3,(H,19,24)(H,20,21,22). The first-order valence-electron chi connectivity index (χ1n) is 7.78. The van der Waals surface area contributed by atoms with Crippen molar-refractivity contribution in [1.82, 2.24) is 20.2 Å². The summed E-state index contributed by atoms with van der Waals surface area (Å²) >= 11 is 5.96. The second kappa shape index (κ2) is 9.20. The van der Waals surface area contributed by atoms with Gasteiger partial charge in [0.05, 0.1) is 5.56 Å². The van der Waals surface area contributed by atoms with Gasteiger partial charge in [0, 0.05) is 37.1 Å². The lowest BCUT2D eigenvalue weighted by Crippen LogP contribution is -2.31. The van der Waals surface area contributed by atoms with E-state index < -0.39 is 0 Å². The fourth-order valence-corrected chi connectivity index (χ4v) is 2.26. The minimum absolute atomic E-state index is 0.165. The number of amides is 1. The van der Waals surface area contributed by atoms with E-state index >= 15 is 0 Å². The molecule has 6 nitrogen and oxygen atoms in total. The molecule has 128 valence electrons. The number of carbonyl (C=O) groups is 1. The summed E-state index contributed by atoms with van der Waals surface area (Å²) in [5.41, 5.74) is 1.60. The van der Waals surface area contributed by atoms with Gasteiger partial charge in [-0.25, -0.2) is 9.97 Å². The number of anilines is 1. The Hall–Kier alpha value is -2.18. The molecular weight excluding hydrogens is 326 g/mol. The molecule has 0 saturated carbocycles. The van der Waals surface area contributed by atoms with Crippen molar-refractivity contribution in [3.63, 3.8) is 0 Å². The Bertz CT molecular complexity index is 660. The molecule has 24 heavy (non-hydrogen) atoms. The lowest BCUT2D eigenvalue weighted by molar-refractivity contribution is 0.0950. The summed E-state index contributed by atoms with van der Waals surface area (Å²) in [4.78, 5) is 22.3. The van der Waals surface area contributed by atoms with Gasteiger partial charge in [-0.15, -0.1) is 0 Å². The van der Waals surface area contributed by atoms with Crippen LogP contribution in [0.4, 0.5) is 5.95 Å². The number of hydrogen-bond acceptors (Lipinski definition) is 5. The fourth-order valence-electron chi connectivity index (χ4n) is 2.04. The van der Waals surface area contributed by atoms with Crippen molar-refractivity contribution in [2.75, 3.05) is 39.0 Å². The summed E-state index contributed by atoms with van der Waals surface area (Å²) < 4.78 is 0. The molecule has 0 aliphatic carbocycles. The largest absolute Gasteiger partial charge is 0.354 e. The molecule has 0 bridgehead atoms. The molecule has 0 unspecified atom stereocenters. The Labute approximate surface area is 147 Å². The first-order chi connectivity index (χ1) is 11.5. The smallest absolute Gasteiger partial charge is 0.254 e. The van der Waals surface area contributed by atoms with Gasteiger partial charge >= 0.3 is 0 Å². The quantitative estimate of drug-likeness (QED) is 0.765. The van der Waals surface area contributed by atoms with E-state index in [1.165, 1.54) is 12.4 Å². The van der Waals surface area contributed by atoms with E-state index in [4.69, 9.17) is 11.6 Å². The molecule has 0 atom stereocenters. The summed E-state index contributed by atoms with van der Waals surface area (Å²) in [5.74, 6) is 0.337. The number of nitrogens with one attached hydrogen (secondary N) is 2. The van der Waals surface area contributed by atoms with Gasteiger partial charge in [0.2, 0.25) is 5.95 Å². The van der Waals surface area contributed by atoms with Crippen LogP contribution in [0, 0.1) is 0 Å². The molecule has 2 rings (SSSR count). The lowest BCUT2D eigenvalue weighted by Gasteiger charge is -2.10. The van der Waals surface area contributed by atoms with Gasteiger partial charge in [-0.3, -0.25) is 4.79 Å². The van der Waals surface area contributed by atoms with E-state index in [0.717, 1.165) is 23.6 Å². The van der Waals surface area contributed by atoms with Gasteiger partial charge in [0.1, 0.15) is 0 Å². The molecule has 0 aliphatic heterocycles. The average Bonchev–Trinajstić information content (AvgIpc) is 2.55. The van der Waals surface area contributed by atoms with Crippen LogP contribution in [0.3, 0.4) is 0 Å². The average molecular weight is 348 g/mol. The Morgan fingerprint density at radius 2 is 1.96 bits per heavy atom. The highest BCUT2D eigenvalue weighted by atomic mass is 35.5. The van der Waals surface area contributed by atoms with Crippen LogP contribution in [-0.2, 0) is 6.42 Å². The van der Waals surface area contributed by atoms with Crippen molar-refractivity contribution in [1.29, 1.82) is 0 Å². The number of benzene rings is 1. The molecule has 2 N–H and O–H groups in total. The zero-order chi connectivity index (χ0) is 17.4. The predicted octanol–water partition coefficient (Wildman–Crippen LogP) is 2.08. The maximum atomic E-state index is 11.9. The van der Waals surface area contributed by atoms with E-state index in [-0.39, 0.29) is 5.91 Å². The SMILES string of the molecule is CN(C)CCNC(=O)c1cnc(NCCc2cccc(Cl)c2)nc1. The fraction of sp³-hybridized carbons (Fsp3) is 0.353. The topological polar surface area (TPSA) is 70.2 Å². The molecule has 0 fully saturated rings. The van der Waals surface area contributed by atoms with Crippen LogP contribution in [0.5, 0.6) is 0 Å². The van der Waals surface area contributed by atoms with Gasteiger partial charge in [-0.2, -0.15) is 0 Å². The van der Waals surface area contributed by atoms with E-state index in [1.807, 2.05) is 43.3 Å². The van der Waals surface area contributed by atoms with Crippen molar-refractivity contribution in [2.24, 2.45) is 0 Å². The van der Waals surface area contributed by atoms with Crippen LogP contribution < -0.4 is 10.6 Å². The highest BCUT2D eigenvalue weighted by Gasteiger charge is 2.06. The molecule has 1 aromatic carbocycles. The highest BCUT2D eigenvalue weighted by Crippen LogP contribution is 2.11. The molecule has 7 heteroatoms. The third-order valence-corrected chi connectivity index (χ3v) is 3.58. The van der Waals surface area contributed by atoms with E-state index in [1.54, 1.807) is 0 Å². The molecular formula is C17H22ClN5O. The first-order valence-corrected chi connectivity index (χ1v) is 8.15. The zero-order valence-corrected chi connectivity index (χ0v) is 14.7. The van der Waals surface area contributed by atoms with Gasteiger partial charge in [-0.05, 0) is 38.2 Å². The molecule has 1 aromatic heterocycles. The van der Waals surface area contributed by atoms with Crippen molar-refractivity contribution < 1.29 is 4.79 Å². The minimum atomic E-state index is -0.165. The second-order valence-electron chi connectivity index (χ2n) is 5.66. The Morgan fingerprint density at radius 1 is 1.21 bits per heavy atom. The molecule has 2 aromatic rings. The van der Waals surface area contributed by atoms with Gasteiger partial charge in [0.15, 0.2) is 0 Å². The number of halogens is 1. The van der Waals surface area contributed by atoms with E-state index in [2.05, 4.69) is 20.6 Å². The zero-order valence-electron chi connectivity index (χ0n) is 13.9. The van der Waals surface area contributed by atoms with Crippen LogP contribution in [0.15, 0.2) is 36.7 Å². The number of carbonyl (C=O) groups excluding carboxylic acids is 1. The maximum Gasteiger partial charge on any atom is 0.254 e. The van der Waals surface area contributed by atoms with Gasteiger partial charge < -0.3 is 15.5 Å². The summed E-state index contributed by atoms with van der Waals surface area (Å²) in [6, 6.07) is 7.74. The number of aromatic nitrogens is 2. The third kappa shape index (κ3) is 6.14. The molecule has 0 saturated heterocycles. The Balaban J connectivity index is 1.78. The van der Waals surface area contributed by atoms with Gasteiger partial charge in [0.25, 0.3) is 5.91 Å². The molecule has 0 aliphatic rings. The molecule has 1 heterocycles. The van der Waals surface area contributed by atoms with Crippen LogP contribution in [0.2, 0.25) is 5.02 Å². The maximum absolute atomic E-state index is 11.9. The number of likely N-dealkylation sites (N-methyl/N-ethyl adjacent to an activating group) is 1. The van der Waals surface area contributed by atoms with Crippen LogP contribution in [0.25, 0.3) is 0 Å². The molecule has 1 amide bonds. The Kier molecular flexibility index (Phi) is 6.96. The van der Waals surface area contributed by atoms with E-state index in [9.17, 15) is 4.79 Å². The van der Waals surface area contributed by atoms with Crippen LogP contribution in [-0.4, -0.2) is 54.5 Å². The summed E-state index contributed by atoms with van der Waals surface area (Å²) in [5, 5.41) is 6.69. The predicted molar refractivity (Wildman–Crippen MR) is 96.6 cm³/mol. The summed E-state index contributed by atoms with van der Waals surface area (Å²) in [6.07, 6.45) is 3.87. The molecule has 0 spiro atoms. The van der Waals surface area contributed by atoms with Crippen molar-refractivity contribution >= 4 is 23.5 Å². The van der Waals surface area contributed by atoms with Crippen LogP contribution in [0.1, 0.15) is 15.9 Å². The first kappa shape index (κ1) is 18.2. The monoisotopic (exact) mass is 347 g/mol. The minimum Gasteiger partial charge on any atom is -0.354 e. The second-order valence-corrected chi connectivity index (χ2v) is 6.10. The third-order valence-electron chi connectivity index (χ3n) is 3.34.